The minimum absolute atomic E-state index is 0.201. The molecule has 1 aliphatic heterocycles. The van der Waals surface area contributed by atoms with Crippen molar-refractivity contribution in [2.45, 2.75) is 45.5 Å². The number of ether oxygens (including phenoxy) is 1. The lowest BCUT2D eigenvalue weighted by Crippen LogP contribution is -2.41. The number of hydrogen-bond acceptors (Lipinski definition) is 3. The lowest BCUT2D eigenvalue weighted by molar-refractivity contribution is -0.0523. The van der Waals surface area contributed by atoms with Crippen LogP contribution < -0.4 is 10.2 Å². The molecule has 116 valence electrons. The van der Waals surface area contributed by atoms with Gasteiger partial charge in [-0.1, -0.05) is 0 Å². The van der Waals surface area contributed by atoms with Crippen LogP contribution in [0.3, 0.4) is 0 Å². The van der Waals surface area contributed by atoms with Gasteiger partial charge in [0.1, 0.15) is 5.82 Å². The highest BCUT2D eigenvalue weighted by molar-refractivity contribution is 6.62. The van der Waals surface area contributed by atoms with E-state index in [0.29, 0.717) is 6.07 Å². The fourth-order valence-electron chi connectivity index (χ4n) is 1.88. The van der Waals surface area contributed by atoms with Gasteiger partial charge < -0.3 is 14.0 Å². The molecule has 1 fully saturated rings. The molecule has 0 amide bonds. The third-order valence-electron chi connectivity index (χ3n) is 3.77. The molecule has 0 unspecified atom stereocenters. The molecule has 3 nitrogen and oxygen atoms in total. The zero-order valence-corrected chi connectivity index (χ0v) is 12.0. The van der Waals surface area contributed by atoms with E-state index >= 15 is 0 Å². The van der Waals surface area contributed by atoms with Crippen LogP contribution in [-0.4, -0.2) is 24.9 Å². The van der Waals surface area contributed by atoms with Crippen LogP contribution in [0.15, 0.2) is 12.1 Å². The molecule has 1 aromatic carbocycles. The molecular formula is C13H15BF4O3. The van der Waals surface area contributed by atoms with Crippen LogP contribution in [0.2, 0.25) is 0 Å². The molecular weight excluding hydrogens is 291 g/mol. The highest BCUT2D eigenvalue weighted by Gasteiger charge is 2.52. The minimum Gasteiger partial charge on any atom is -0.432 e. The molecule has 8 heteroatoms. The largest absolute Gasteiger partial charge is 0.497 e. The number of alkyl halides is 2. The van der Waals surface area contributed by atoms with Gasteiger partial charge in [0.15, 0.2) is 11.6 Å². The van der Waals surface area contributed by atoms with Crippen LogP contribution in [0, 0.1) is 11.6 Å². The van der Waals surface area contributed by atoms with Crippen molar-refractivity contribution in [2.75, 3.05) is 0 Å². The van der Waals surface area contributed by atoms with E-state index in [1.165, 1.54) is 0 Å². The molecule has 0 aliphatic carbocycles. The van der Waals surface area contributed by atoms with Crippen molar-refractivity contribution < 1.29 is 31.6 Å². The quantitative estimate of drug-likeness (QED) is 0.635. The number of rotatable bonds is 3. The number of hydrogen-bond donors (Lipinski definition) is 0. The van der Waals surface area contributed by atoms with E-state index in [-0.39, 0.29) is 5.46 Å². The average Bonchev–Trinajstić information content (AvgIpc) is 2.52. The van der Waals surface area contributed by atoms with E-state index in [4.69, 9.17) is 9.31 Å². The Morgan fingerprint density at radius 1 is 1.00 bits per heavy atom. The van der Waals surface area contributed by atoms with Gasteiger partial charge in [-0.15, -0.1) is 0 Å². The molecule has 21 heavy (non-hydrogen) atoms. The maximum absolute atomic E-state index is 14.0. The molecule has 1 heterocycles. The Morgan fingerprint density at radius 3 is 2.00 bits per heavy atom. The molecule has 0 atom stereocenters. The Kier molecular flexibility index (Phi) is 3.97. The molecule has 0 radical (unpaired) electrons. The summed E-state index contributed by atoms with van der Waals surface area (Å²) < 4.78 is 66.9. The van der Waals surface area contributed by atoms with Gasteiger partial charge in [-0.25, -0.2) is 8.78 Å². The van der Waals surface area contributed by atoms with Gasteiger partial charge in [0, 0.05) is 11.5 Å². The van der Waals surface area contributed by atoms with Crippen LogP contribution in [0.4, 0.5) is 17.6 Å². The zero-order valence-electron chi connectivity index (χ0n) is 12.0. The molecule has 0 spiro atoms. The first-order chi connectivity index (χ1) is 9.53. The number of halogens is 4. The SMILES string of the molecule is CC1(C)OB(c2cc(F)c(OC(F)F)cc2F)OC1(C)C. The van der Waals surface area contributed by atoms with Crippen molar-refractivity contribution in [3.05, 3.63) is 23.8 Å². The first-order valence-electron chi connectivity index (χ1n) is 6.33. The molecule has 0 saturated carbocycles. The highest BCUT2D eigenvalue weighted by atomic mass is 19.3. The first-order valence-corrected chi connectivity index (χ1v) is 6.33. The van der Waals surface area contributed by atoms with E-state index in [9.17, 15) is 17.6 Å². The summed E-state index contributed by atoms with van der Waals surface area (Å²) in [5.41, 5.74) is -1.65. The summed E-state index contributed by atoms with van der Waals surface area (Å²) in [6.07, 6.45) is 0. The lowest BCUT2D eigenvalue weighted by Gasteiger charge is -2.32. The average molecular weight is 306 g/mol. The van der Waals surface area contributed by atoms with Crippen LogP contribution in [0.5, 0.6) is 5.75 Å². The Balaban J connectivity index is 2.32. The van der Waals surface area contributed by atoms with Gasteiger partial charge in [0.2, 0.25) is 0 Å². The van der Waals surface area contributed by atoms with Crippen molar-refractivity contribution in [3.63, 3.8) is 0 Å². The summed E-state index contributed by atoms with van der Waals surface area (Å²) in [5, 5.41) is 0. The number of benzene rings is 1. The van der Waals surface area contributed by atoms with Gasteiger partial charge in [0.25, 0.3) is 0 Å². The van der Waals surface area contributed by atoms with Crippen LogP contribution in [0.1, 0.15) is 27.7 Å². The lowest BCUT2D eigenvalue weighted by atomic mass is 9.78. The summed E-state index contributed by atoms with van der Waals surface area (Å²) in [6.45, 7) is 3.80. The van der Waals surface area contributed by atoms with E-state index in [2.05, 4.69) is 4.74 Å². The minimum atomic E-state index is -3.23. The standard InChI is InChI=1S/C13H15BF4O3/c1-12(2)13(3,4)21-14(20-12)7-5-9(16)10(6-8(7)15)19-11(17)18/h5-6,11H,1-4H3. The molecule has 0 N–H and O–H groups in total. The van der Waals surface area contributed by atoms with Gasteiger partial charge in [-0.3, -0.25) is 0 Å². The molecule has 0 aromatic heterocycles. The summed E-state index contributed by atoms with van der Waals surface area (Å²) in [7, 11) is -1.12. The second-order valence-electron chi connectivity index (χ2n) is 5.77. The van der Waals surface area contributed by atoms with Crippen molar-refractivity contribution in [1.29, 1.82) is 0 Å². The van der Waals surface area contributed by atoms with Gasteiger partial charge in [-0.05, 0) is 33.8 Å². The van der Waals surface area contributed by atoms with Gasteiger partial charge >= 0.3 is 13.7 Å². The summed E-state index contributed by atoms with van der Waals surface area (Å²) >= 11 is 0. The molecule has 1 aliphatic rings. The Bertz CT molecular complexity index is 532. The smallest absolute Gasteiger partial charge is 0.432 e. The van der Waals surface area contributed by atoms with E-state index < -0.39 is 42.3 Å². The fourth-order valence-corrected chi connectivity index (χ4v) is 1.88. The van der Waals surface area contributed by atoms with E-state index in [0.717, 1.165) is 6.07 Å². The maximum atomic E-state index is 14.0. The summed E-state index contributed by atoms with van der Waals surface area (Å²) in [4.78, 5) is 0. The van der Waals surface area contributed by atoms with Crippen molar-refractivity contribution in [1.82, 2.24) is 0 Å². The third kappa shape index (κ3) is 3.01. The van der Waals surface area contributed by atoms with E-state index in [1.807, 2.05) is 0 Å². The van der Waals surface area contributed by atoms with Gasteiger partial charge in [0.05, 0.1) is 11.2 Å². The Hall–Kier alpha value is -1.28. The fraction of sp³-hybridized carbons (Fsp3) is 0.538. The summed E-state index contributed by atoms with van der Waals surface area (Å²) in [5.74, 6) is -2.91. The molecule has 1 aromatic rings. The maximum Gasteiger partial charge on any atom is 0.497 e. The molecule has 1 saturated heterocycles. The first kappa shape index (κ1) is 16.1. The second kappa shape index (κ2) is 5.17. The van der Waals surface area contributed by atoms with E-state index in [1.54, 1.807) is 27.7 Å². The zero-order chi connectivity index (χ0) is 16.0. The van der Waals surface area contributed by atoms with Crippen LogP contribution in [0.25, 0.3) is 0 Å². The van der Waals surface area contributed by atoms with Crippen molar-refractivity contribution in [3.8, 4) is 5.75 Å². The summed E-state index contributed by atoms with van der Waals surface area (Å²) in [6, 6.07) is 1.30. The Labute approximate surface area is 120 Å². The van der Waals surface area contributed by atoms with Crippen molar-refractivity contribution in [2.24, 2.45) is 0 Å². The predicted octanol–water partition coefficient (Wildman–Crippen LogP) is 2.87. The van der Waals surface area contributed by atoms with Crippen molar-refractivity contribution >= 4 is 12.6 Å². The third-order valence-corrected chi connectivity index (χ3v) is 3.77. The Morgan fingerprint density at radius 2 is 1.52 bits per heavy atom. The van der Waals surface area contributed by atoms with Crippen LogP contribution in [-0.2, 0) is 9.31 Å². The second-order valence-corrected chi connectivity index (χ2v) is 5.77. The van der Waals surface area contributed by atoms with Crippen LogP contribution >= 0.6 is 0 Å². The molecule has 2 rings (SSSR count). The predicted molar refractivity (Wildman–Crippen MR) is 68.7 cm³/mol. The highest BCUT2D eigenvalue weighted by Crippen LogP contribution is 2.37. The topological polar surface area (TPSA) is 27.7 Å². The monoisotopic (exact) mass is 306 g/mol. The van der Waals surface area contributed by atoms with Gasteiger partial charge in [-0.2, -0.15) is 8.78 Å². The molecule has 0 bridgehead atoms. The normalized spacial score (nSPS) is 20.1.